The summed E-state index contributed by atoms with van der Waals surface area (Å²) in [5, 5.41) is 0. The van der Waals surface area contributed by atoms with Crippen molar-refractivity contribution in [2.75, 3.05) is 6.61 Å². The summed E-state index contributed by atoms with van der Waals surface area (Å²) in [5.74, 6) is -0.269. The van der Waals surface area contributed by atoms with E-state index in [1.165, 1.54) is 0 Å². The number of rotatable bonds is 6. The van der Waals surface area contributed by atoms with Crippen LogP contribution in [0.3, 0.4) is 0 Å². The molecule has 0 rings (SSSR count). The third-order valence-corrected chi connectivity index (χ3v) is 1.93. The molecule has 0 heterocycles. The van der Waals surface area contributed by atoms with Crippen molar-refractivity contribution in [1.82, 2.24) is 0 Å². The molecule has 0 radical (unpaired) electrons. The minimum Gasteiger partial charge on any atom is -0.464 e. The zero-order valence-corrected chi connectivity index (χ0v) is 9.00. The van der Waals surface area contributed by atoms with Gasteiger partial charge < -0.3 is 9.39 Å². The molecule has 1 atom stereocenters. The minimum absolute atomic E-state index is 0.166. The van der Waals surface area contributed by atoms with Gasteiger partial charge in [-0.1, -0.05) is 26.5 Å². The third kappa shape index (κ3) is 4.93. The summed E-state index contributed by atoms with van der Waals surface area (Å²) in [7, 11) is 0. The molecule has 0 amide bonds. The molecule has 0 saturated carbocycles. The Labute approximate surface area is 80.9 Å². The normalized spacial score (nSPS) is 12.3. The van der Waals surface area contributed by atoms with Gasteiger partial charge in [0.05, 0.1) is 6.61 Å². The van der Waals surface area contributed by atoms with Crippen LogP contribution in [0.2, 0.25) is 12.6 Å². The topological polar surface area (TPSA) is 35.5 Å². The zero-order chi connectivity index (χ0) is 10.3. The van der Waals surface area contributed by atoms with E-state index < -0.39 is 6.10 Å². The molecule has 1 unspecified atom stereocenters. The van der Waals surface area contributed by atoms with Crippen LogP contribution in [0.5, 0.6) is 0 Å². The van der Waals surface area contributed by atoms with E-state index in [-0.39, 0.29) is 12.9 Å². The van der Waals surface area contributed by atoms with Gasteiger partial charge in [0.2, 0.25) is 0 Å². The van der Waals surface area contributed by atoms with Gasteiger partial charge in [-0.05, 0) is 13.8 Å². The molecule has 76 valence electrons. The highest BCUT2D eigenvalue weighted by Crippen LogP contribution is 2.05. The molecular formula is C9H19BO3. The Morgan fingerprint density at radius 2 is 1.85 bits per heavy atom. The van der Waals surface area contributed by atoms with E-state index in [0.717, 1.165) is 12.6 Å². The van der Waals surface area contributed by atoms with Crippen LogP contribution in [-0.2, 0) is 14.2 Å². The van der Waals surface area contributed by atoms with E-state index in [2.05, 4.69) is 0 Å². The van der Waals surface area contributed by atoms with Crippen LogP contribution < -0.4 is 0 Å². The fourth-order valence-electron chi connectivity index (χ4n) is 1.08. The maximum Gasteiger partial charge on any atom is 0.333 e. The van der Waals surface area contributed by atoms with Crippen molar-refractivity contribution in [3.8, 4) is 0 Å². The van der Waals surface area contributed by atoms with Gasteiger partial charge in [0.25, 0.3) is 6.92 Å². The first-order chi connectivity index (χ1) is 6.15. The van der Waals surface area contributed by atoms with Crippen LogP contribution in [0.1, 0.15) is 27.7 Å². The van der Waals surface area contributed by atoms with Gasteiger partial charge >= 0.3 is 5.97 Å². The van der Waals surface area contributed by atoms with Crippen molar-refractivity contribution in [3.05, 3.63) is 0 Å². The molecule has 4 heteroatoms. The second-order valence-corrected chi connectivity index (χ2v) is 2.97. The van der Waals surface area contributed by atoms with Crippen LogP contribution in [0.4, 0.5) is 0 Å². The summed E-state index contributed by atoms with van der Waals surface area (Å²) >= 11 is 0. The maximum atomic E-state index is 11.2. The molecule has 0 fully saturated rings. The number of esters is 1. The largest absolute Gasteiger partial charge is 0.464 e. The number of hydrogen-bond acceptors (Lipinski definition) is 3. The Morgan fingerprint density at radius 3 is 2.23 bits per heavy atom. The minimum atomic E-state index is -0.440. The molecule has 0 saturated heterocycles. The average Bonchev–Trinajstić information content (AvgIpc) is 2.14. The quantitative estimate of drug-likeness (QED) is 0.470. The van der Waals surface area contributed by atoms with Crippen molar-refractivity contribution >= 4 is 12.9 Å². The van der Waals surface area contributed by atoms with Gasteiger partial charge in [-0.25, -0.2) is 4.79 Å². The van der Waals surface area contributed by atoms with Crippen LogP contribution in [-0.4, -0.2) is 25.6 Å². The van der Waals surface area contributed by atoms with Crippen LogP contribution in [0.15, 0.2) is 0 Å². The first-order valence-corrected chi connectivity index (χ1v) is 4.97. The van der Waals surface area contributed by atoms with E-state index in [1.807, 2.05) is 13.8 Å². The summed E-state index contributed by atoms with van der Waals surface area (Å²) in [4.78, 5) is 11.2. The first kappa shape index (κ1) is 12.5. The molecule has 13 heavy (non-hydrogen) atoms. The first-order valence-electron chi connectivity index (χ1n) is 4.97. The highest BCUT2D eigenvalue weighted by atomic mass is 16.6. The van der Waals surface area contributed by atoms with Gasteiger partial charge in [-0.15, -0.1) is 0 Å². The maximum absolute atomic E-state index is 11.2. The number of carbonyl (C=O) groups excluding carboxylic acids is 1. The fraction of sp³-hybridized carbons (Fsp3) is 0.889. The van der Waals surface area contributed by atoms with Gasteiger partial charge in [0.1, 0.15) is 6.10 Å². The molecule has 3 nitrogen and oxygen atoms in total. The SMILES string of the molecule is CCOC(=O)C(C)OB(CC)CC. The van der Waals surface area contributed by atoms with Crippen molar-refractivity contribution in [3.63, 3.8) is 0 Å². The predicted octanol–water partition coefficient (Wildman–Crippen LogP) is 1.99. The van der Waals surface area contributed by atoms with E-state index in [1.54, 1.807) is 13.8 Å². The standard InChI is InChI=1S/C9H19BO3/c1-5-10(6-2)13-8(4)9(11)12-7-3/h8H,5-7H2,1-4H3. The molecule has 0 N–H and O–H groups in total. The molecule has 0 aromatic carbocycles. The average molecular weight is 186 g/mol. The highest BCUT2D eigenvalue weighted by Gasteiger charge is 2.20. The molecule has 0 spiro atoms. The van der Waals surface area contributed by atoms with Gasteiger partial charge in [0, 0.05) is 0 Å². The number of ether oxygens (including phenoxy) is 1. The van der Waals surface area contributed by atoms with Crippen LogP contribution in [0, 0.1) is 0 Å². The van der Waals surface area contributed by atoms with E-state index >= 15 is 0 Å². The predicted molar refractivity (Wildman–Crippen MR) is 53.9 cm³/mol. The summed E-state index contributed by atoms with van der Waals surface area (Å²) < 4.78 is 10.3. The monoisotopic (exact) mass is 186 g/mol. The smallest absolute Gasteiger partial charge is 0.333 e. The van der Waals surface area contributed by atoms with Gasteiger partial charge in [-0.2, -0.15) is 0 Å². The Morgan fingerprint density at radius 1 is 1.31 bits per heavy atom. The number of carbonyl (C=O) groups is 1. The summed E-state index contributed by atoms with van der Waals surface area (Å²) in [6, 6.07) is 0. The molecule has 0 aromatic heterocycles. The molecule has 0 aliphatic heterocycles. The van der Waals surface area contributed by atoms with Crippen LogP contribution >= 0.6 is 0 Å². The Kier molecular flexibility index (Phi) is 6.68. The second kappa shape index (κ2) is 6.95. The lowest BCUT2D eigenvalue weighted by molar-refractivity contribution is -0.150. The lowest BCUT2D eigenvalue weighted by Gasteiger charge is -2.16. The van der Waals surface area contributed by atoms with Gasteiger partial charge in [0.15, 0.2) is 0 Å². The Bertz CT molecular complexity index is 146. The lowest BCUT2D eigenvalue weighted by atomic mass is 9.62. The van der Waals surface area contributed by atoms with E-state index in [4.69, 9.17) is 9.39 Å². The zero-order valence-electron chi connectivity index (χ0n) is 9.00. The Balaban J connectivity index is 3.82. The fourth-order valence-corrected chi connectivity index (χ4v) is 1.08. The highest BCUT2D eigenvalue weighted by molar-refractivity contribution is 6.51. The second-order valence-electron chi connectivity index (χ2n) is 2.97. The van der Waals surface area contributed by atoms with E-state index in [9.17, 15) is 4.79 Å². The molecule has 0 aliphatic carbocycles. The summed E-state index contributed by atoms with van der Waals surface area (Å²) in [6.45, 7) is 8.20. The molecule has 0 bridgehead atoms. The molecule has 0 aliphatic rings. The number of hydrogen-bond donors (Lipinski definition) is 0. The van der Waals surface area contributed by atoms with Gasteiger partial charge in [-0.3, -0.25) is 0 Å². The van der Waals surface area contributed by atoms with Crippen molar-refractivity contribution < 1.29 is 14.2 Å². The molecule has 0 aromatic rings. The van der Waals surface area contributed by atoms with Crippen LogP contribution in [0.25, 0.3) is 0 Å². The lowest BCUT2D eigenvalue weighted by Crippen LogP contribution is -2.30. The van der Waals surface area contributed by atoms with Crippen molar-refractivity contribution in [2.24, 2.45) is 0 Å². The van der Waals surface area contributed by atoms with Crippen molar-refractivity contribution in [2.45, 2.75) is 46.4 Å². The summed E-state index contributed by atoms with van der Waals surface area (Å²) in [5.41, 5.74) is 0. The third-order valence-electron chi connectivity index (χ3n) is 1.93. The summed E-state index contributed by atoms with van der Waals surface area (Å²) in [6.07, 6.45) is 1.42. The Hall–Kier alpha value is -0.505. The van der Waals surface area contributed by atoms with E-state index in [0.29, 0.717) is 6.61 Å². The van der Waals surface area contributed by atoms with Crippen molar-refractivity contribution in [1.29, 1.82) is 0 Å². The molecular weight excluding hydrogens is 167 g/mol.